The lowest BCUT2D eigenvalue weighted by atomic mass is 10.3. The third-order valence-electron chi connectivity index (χ3n) is 2.09. The fourth-order valence-electron chi connectivity index (χ4n) is 1.29. The molecule has 0 radical (unpaired) electrons. The molecule has 2 aromatic rings. The van der Waals surface area contributed by atoms with E-state index >= 15 is 0 Å². The Kier molecular flexibility index (Phi) is 3.88. The topological polar surface area (TPSA) is 103 Å². The zero-order valence-corrected chi connectivity index (χ0v) is 10.5. The molecule has 0 saturated carbocycles. The van der Waals surface area contributed by atoms with Crippen LogP contribution in [0.3, 0.4) is 0 Å². The van der Waals surface area contributed by atoms with Crippen molar-refractivity contribution in [3.8, 4) is 0 Å². The summed E-state index contributed by atoms with van der Waals surface area (Å²) in [6.45, 7) is 0. The highest BCUT2D eigenvalue weighted by Crippen LogP contribution is 2.07. The number of para-hydroxylation sites is 1. The number of anilines is 1. The van der Waals surface area contributed by atoms with Crippen molar-refractivity contribution in [2.24, 2.45) is 0 Å². The summed E-state index contributed by atoms with van der Waals surface area (Å²) in [6.07, 6.45) is 0. The van der Waals surface area contributed by atoms with E-state index in [4.69, 9.17) is 0 Å². The maximum absolute atomic E-state index is 11.9. The van der Waals surface area contributed by atoms with E-state index in [-0.39, 0.29) is 0 Å². The van der Waals surface area contributed by atoms with Gasteiger partial charge in [0.1, 0.15) is 0 Å². The van der Waals surface area contributed by atoms with Gasteiger partial charge in [-0.15, -0.1) is 3.97 Å². The van der Waals surface area contributed by atoms with Gasteiger partial charge in [-0.3, -0.25) is 13.5 Å². The highest BCUT2D eigenvalue weighted by molar-refractivity contribution is 7.78. The molecule has 1 heterocycles. The highest BCUT2D eigenvalue weighted by atomic mass is 32.2. The van der Waals surface area contributed by atoms with Crippen LogP contribution in [0.4, 0.5) is 5.69 Å². The quantitative estimate of drug-likeness (QED) is 0.857. The standard InChI is InChI=1S/C10H9N3O5S/c1-17-19(16)13-8(12-18-10(13)15)9(14)11-7-5-3-2-4-6-7/h2-6H,1H3,(H,11,14). The Labute approximate surface area is 109 Å². The number of nitrogens with zero attached hydrogens (tertiary/aromatic N) is 2. The average molecular weight is 283 g/mol. The number of carbonyl (C=O) groups excluding carboxylic acids is 1. The number of benzene rings is 1. The molecule has 2 rings (SSSR count). The zero-order chi connectivity index (χ0) is 13.8. The number of nitrogens with one attached hydrogen (secondary N) is 1. The monoisotopic (exact) mass is 283 g/mol. The summed E-state index contributed by atoms with van der Waals surface area (Å²) in [7, 11) is 1.12. The van der Waals surface area contributed by atoms with Crippen molar-refractivity contribution in [3.05, 3.63) is 46.7 Å². The van der Waals surface area contributed by atoms with Crippen molar-refractivity contribution in [2.75, 3.05) is 12.4 Å². The molecule has 1 aromatic heterocycles. The van der Waals surface area contributed by atoms with Crippen molar-refractivity contribution in [2.45, 2.75) is 0 Å². The minimum Gasteiger partial charge on any atom is -0.319 e. The Bertz CT molecular complexity index is 663. The van der Waals surface area contributed by atoms with Crippen LogP contribution in [0.2, 0.25) is 0 Å². The van der Waals surface area contributed by atoms with E-state index in [1.54, 1.807) is 30.3 Å². The molecule has 9 heteroatoms. The number of hydrogen-bond acceptors (Lipinski definition) is 6. The van der Waals surface area contributed by atoms with Gasteiger partial charge in [-0.1, -0.05) is 18.2 Å². The van der Waals surface area contributed by atoms with Gasteiger partial charge in [-0.25, -0.2) is 9.00 Å². The first-order valence-electron chi connectivity index (χ1n) is 5.05. The van der Waals surface area contributed by atoms with Crippen LogP contribution in [0.15, 0.2) is 39.6 Å². The van der Waals surface area contributed by atoms with Crippen molar-refractivity contribution < 1.29 is 17.7 Å². The van der Waals surface area contributed by atoms with Gasteiger partial charge in [0, 0.05) is 5.69 Å². The second-order valence-electron chi connectivity index (χ2n) is 3.27. The molecule has 1 N–H and O–H groups in total. The van der Waals surface area contributed by atoms with Gasteiger partial charge in [-0.2, -0.15) is 0 Å². The first-order valence-corrected chi connectivity index (χ1v) is 6.08. The summed E-state index contributed by atoms with van der Waals surface area (Å²) in [5.74, 6) is -2.21. The number of aromatic nitrogens is 2. The fourth-order valence-corrected chi connectivity index (χ4v) is 1.85. The van der Waals surface area contributed by atoms with Gasteiger partial charge in [-0.05, 0) is 17.3 Å². The summed E-state index contributed by atoms with van der Waals surface area (Å²) in [5, 5.41) is 5.75. The SMILES string of the molecule is COS(=O)n1c(C(=O)Nc2ccccc2)noc1=O. The molecule has 100 valence electrons. The first-order chi connectivity index (χ1) is 9.13. The second kappa shape index (κ2) is 5.59. The van der Waals surface area contributed by atoms with Gasteiger partial charge < -0.3 is 5.32 Å². The van der Waals surface area contributed by atoms with Crippen LogP contribution >= 0.6 is 0 Å². The highest BCUT2D eigenvalue weighted by Gasteiger charge is 2.23. The smallest absolute Gasteiger partial charge is 0.319 e. The normalized spacial score (nSPS) is 12.1. The summed E-state index contributed by atoms with van der Waals surface area (Å²) in [6, 6.07) is 8.51. The number of amides is 1. The summed E-state index contributed by atoms with van der Waals surface area (Å²) < 4.78 is 20.7. The van der Waals surface area contributed by atoms with E-state index < -0.39 is 28.8 Å². The Morgan fingerprint density at radius 2 is 2.11 bits per heavy atom. The summed E-state index contributed by atoms with van der Waals surface area (Å²) in [5.41, 5.74) is 0.498. The van der Waals surface area contributed by atoms with Gasteiger partial charge in [0.05, 0.1) is 7.11 Å². The molecule has 0 saturated heterocycles. The van der Waals surface area contributed by atoms with E-state index in [0.717, 1.165) is 7.11 Å². The maximum Gasteiger partial charge on any atom is 0.456 e. The largest absolute Gasteiger partial charge is 0.456 e. The zero-order valence-electron chi connectivity index (χ0n) is 9.73. The molecule has 0 aliphatic carbocycles. The molecule has 19 heavy (non-hydrogen) atoms. The lowest BCUT2D eigenvalue weighted by Gasteiger charge is -2.03. The number of rotatable bonds is 4. The minimum atomic E-state index is -2.17. The van der Waals surface area contributed by atoms with Crippen LogP contribution in [0, 0.1) is 0 Å². The molecule has 0 aliphatic rings. The van der Waals surface area contributed by atoms with Gasteiger partial charge in [0.25, 0.3) is 23.0 Å². The lowest BCUT2D eigenvalue weighted by molar-refractivity contribution is 0.101. The molecule has 8 nitrogen and oxygen atoms in total. The third kappa shape index (κ3) is 2.77. The van der Waals surface area contributed by atoms with Crippen molar-refractivity contribution in [1.29, 1.82) is 0 Å². The Morgan fingerprint density at radius 1 is 1.42 bits per heavy atom. The number of hydrogen-bond donors (Lipinski definition) is 1. The van der Waals surface area contributed by atoms with Crippen molar-refractivity contribution in [1.82, 2.24) is 9.13 Å². The van der Waals surface area contributed by atoms with E-state index in [9.17, 15) is 13.8 Å². The Morgan fingerprint density at radius 3 is 2.74 bits per heavy atom. The molecule has 0 spiro atoms. The molecular weight excluding hydrogens is 274 g/mol. The van der Waals surface area contributed by atoms with Crippen LogP contribution in [0.5, 0.6) is 0 Å². The van der Waals surface area contributed by atoms with Crippen LogP contribution < -0.4 is 11.1 Å². The average Bonchev–Trinajstić information content (AvgIpc) is 2.81. The molecule has 0 fully saturated rings. The van der Waals surface area contributed by atoms with E-state index in [1.165, 1.54) is 0 Å². The molecule has 1 atom stereocenters. The molecular formula is C10H9N3O5S. The molecule has 1 unspecified atom stereocenters. The van der Waals surface area contributed by atoms with Gasteiger partial charge in [0.15, 0.2) is 0 Å². The third-order valence-corrected chi connectivity index (χ3v) is 3.00. The fraction of sp³-hybridized carbons (Fsp3) is 0.100. The first kappa shape index (κ1) is 13.2. The Hall–Kier alpha value is -2.26. The van der Waals surface area contributed by atoms with Crippen LogP contribution in [-0.4, -0.2) is 26.4 Å². The Balaban J connectivity index is 2.30. The predicted molar refractivity (Wildman–Crippen MR) is 65.7 cm³/mol. The van der Waals surface area contributed by atoms with E-state index in [0.29, 0.717) is 9.66 Å². The van der Waals surface area contributed by atoms with Crippen molar-refractivity contribution >= 4 is 22.9 Å². The second-order valence-corrected chi connectivity index (χ2v) is 4.40. The van der Waals surface area contributed by atoms with Crippen molar-refractivity contribution in [3.63, 3.8) is 0 Å². The van der Waals surface area contributed by atoms with Gasteiger partial charge in [0.2, 0.25) is 0 Å². The lowest BCUT2D eigenvalue weighted by Crippen LogP contribution is -2.26. The number of carbonyl (C=O) groups is 1. The maximum atomic E-state index is 11.9. The van der Waals surface area contributed by atoms with Crippen LogP contribution in [0.1, 0.15) is 10.6 Å². The van der Waals surface area contributed by atoms with Crippen LogP contribution in [-0.2, 0) is 15.4 Å². The summed E-state index contributed by atoms with van der Waals surface area (Å²) in [4.78, 5) is 23.2. The summed E-state index contributed by atoms with van der Waals surface area (Å²) >= 11 is -2.17. The predicted octanol–water partition coefficient (Wildman–Crippen LogP) is 0.162. The molecule has 0 bridgehead atoms. The van der Waals surface area contributed by atoms with Crippen LogP contribution in [0.25, 0.3) is 0 Å². The molecule has 1 amide bonds. The molecule has 1 aromatic carbocycles. The minimum absolute atomic E-state index is 0.436. The van der Waals surface area contributed by atoms with Gasteiger partial charge >= 0.3 is 5.76 Å². The molecule has 0 aliphatic heterocycles. The van der Waals surface area contributed by atoms with E-state index in [2.05, 4.69) is 19.2 Å². The van der Waals surface area contributed by atoms with E-state index in [1.807, 2.05) is 0 Å².